The average molecular weight is 246 g/mol. The Morgan fingerprint density at radius 1 is 1.56 bits per heavy atom. The maximum absolute atomic E-state index is 11.0. The highest BCUT2D eigenvalue weighted by molar-refractivity contribution is 5.37. The molecular weight excluding hydrogens is 228 g/mol. The Balaban J connectivity index is 2.00. The lowest BCUT2D eigenvalue weighted by Gasteiger charge is -2.30. The summed E-state index contributed by atoms with van der Waals surface area (Å²) in [7, 11) is 0. The minimum absolute atomic E-state index is 0.733. The van der Waals surface area contributed by atoms with Crippen LogP contribution < -0.4 is 0 Å². The molecule has 0 saturated carbocycles. The second-order valence-electron chi connectivity index (χ2n) is 4.96. The number of hydrogen-bond acceptors (Lipinski definition) is 3. The maximum atomic E-state index is 11.0. The lowest BCUT2D eigenvalue weighted by Crippen LogP contribution is -2.30. The van der Waals surface area contributed by atoms with Gasteiger partial charge in [0, 0.05) is 30.3 Å². The molecule has 4 nitrogen and oxygen atoms in total. The molecule has 0 aliphatic heterocycles. The predicted octanol–water partition coefficient (Wildman–Crippen LogP) is 2.46. The molecule has 1 unspecified atom stereocenters. The molecule has 2 heterocycles. The first kappa shape index (κ1) is 11.5. The predicted molar refractivity (Wildman–Crippen MR) is 67.2 cm³/mol. The Morgan fingerprint density at radius 2 is 2.44 bits per heavy atom. The van der Waals surface area contributed by atoms with Gasteiger partial charge in [-0.3, -0.25) is 4.68 Å². The molecule has 0 aromatic carbocycles. The van der Waals surface area contributed by atoms with Crippen molar-refractivity contribution in [2.45, 2.75) is 44.8 Å². The number of fused-ring (bicyclic) bond motifs is 1. The molecule has 0 amide bonds. The number of aliphatic hydroxyl groups is 1. The van der Waals surface area contributed by atoms with Gasteiger partial charge in [0.25, 0.3) is 0 Å². The Kier molecular flexibility index (Phi) is 2.74. The van der Waals surface area contributed by atoms with E-state index in [2.05, 4.69) is 12.0 Å². The summed E-state index contributed by atoms with van der Waals surface area (Å²) in [6, 6.07) is 1.88. The minimum Gasteiger partial charge on any atom is -0.469 e. The fraction of sp³-hybridized carbons (Fsp3) is 0.500. The number of furan rings is 1. The summed E-state index contributed by atoms with van der Waals surface area (Å²) in [5, 5.41) is 15.3. The highest BCUT2D eigenvalue weighted by Gasteiger charge is 2.38. The Labute approximate surface area is 106 Å². The van der Waals surface area contributed by atoms with Crippen molar-refractivity contribution in [1.29, 1.82) is 0 Å². The highest BCUT2D eigenvalue weighted by atomic mass is 16.3. The van der Waals surface area contributed by atoms with Crippen molar-refractivity contribution in [3.8, 4) is 0 Å². The Morgan fingerprint density at radius 3 is 3.28 bits per heavy atom. The number of hydrogen-bond donors (Lipinski definition) is 1. The van der Waals surface area contributed by atoms with Crippen LogP contribution in [0.3, 0.4) is 0 Å². The summed E-state index contributed by atoms with van der Waals surface area (Å²) < 4.78 is 7.33. The largest absolute Gasteiger partial charge is 0.469 e. The molecule has 0 fully saturated rings. The van der Waals surface area contributed by atoms with E-state index in [4.69, 9.17) is 4.42 Å². The van der Waals surface area contributed by atoms with E-state index < -0.39 is 5.60 Å². The Hall–Kier alpha value is -1.55. The zero-order chi connectivity index (χ0) is 12.6. The third-order valence-electron chi connectivity index (χ3n) is 3.70. The van der Waals surface area contributed by atoms with Crippen LogP contribution in [0.15, 0.2) is 29.1 Å². The molecule has 0 radical (unpaired) electrons. The van der Waals surface area contributed by atoms with Crippen molar-refractivity contribution in [2.24, 2.45) is 0 Å². The molecule has 18 heavy (non-hydrogen) atoms. The standard InChI is InChI=1S/C14H18N2O2/c1-2-7-16-10-11(9-15-16)14(17)6-3-4-13-12(14)5-8-18-13/h5,8-10,17H,2-4,6-7H2,1H3. The summed E-state index contributed by atoms with van der Waals surface area (Å²) in [4.78, 5) is 0. The van der Waals surface area contributed by atoms with Gasteiger partial charge in [0.1, 0.15) is 11.4 Å². The number of aryl methyl sites for hydroxylation is 2. The molecule has 1 aliphatic rings. The van der Waals surface area contributed by atoms with Crippen LogP contribution in [0.5, 0.6) is 0 Å². The van der Waals surface area contributed by atoms with Crippen LogP contribution in [-0.2, 0) is 18.6 Å². The first-order valence-electron chi connectivity index (χ1n) is 6.56. The van der Waals surface area contributed by atoms with Crippen LogP contribution in [-0.4, -0.2) is 14.9 Å². The topological polar surface area (TPSA) is 51.2 Å². The van der Waals surface area contributed by atoms with E-state index in [1.54, 1.807) is 12.5 Å². The molecule has 1 aliphatic carbocycles. The average Bonchev–Trinajstić information content (AvgIpc) is 2.98. The number of nitrogens with zero attached hydrogens (tertiary/aromatic N) is 2. The molecule has 3 rings (SSSR count). The van der Waals surface area contributed by atoms with E-state index in [0.717, 1.165) is 49.1 Å². The monoisotopic (exact) mass is 246 g/mol. The van der Waals surface area contributed by atoms with Gasteiger partial charge >= 0.3 is 0 Å². The zero-order valence-electron chi connectivity index (χ0n) is 10.6. The second-order valence-corrected chi connectivity index (χ2v) is 4.96. The van der Waals surface area contributed by atoms with E-state index in [1.165, 1.54) is 0 Å². The van der Waals surface area contributed by atoms with E-state index in [-0.39, 0.29) is 0 Å². The highest BCUT2D eigenvalue weighted by Crippen LogP contribution is 2.40. The van der Waals surface area contributed by atoms with Crippen LogP contribution in [0, 0.1) is 0 Å². The van der Waals surface area contributed by atoms with Gasteiger partial charge < -0.3 is 9.52 Å². The van der Waals surface area contributed by atoms with Gasteiger partial charge in [0.2, 0.25) is 0 Å². The minimum atomic E-state index is -0.924. The van der Waals surface area contributed by atoms with Gasteiger partial charge in [-0.2, -0.15) is 5.10 Å². The lowest BCUT2D eigenvalue weighted by molar-refractivity contribution is 0.0588. The van der Waals surface area contributed by atoms with E-state index in [9.17, 15) is 5.11 Å². The van der Waals surface area contributed by atoms with Crippen molar-refractivity contribution in [3.63, 3.8) is 0 Å². The molecule has 1 atom stereocenters. The molecule has 0 spiro atoms. The van der Waals surface area contributed by atoms with E-state index >= 15 is 0 Å². The van der Waals surface area contributed by atoms with Crippen LogP contribution >= 0.6 is 0 Å². The van der Waals surface area contributed by atoms with Crippen LogP contribution in [0.1, 0.15) is 43.1 Å². The number of aromatic nitrogens is 2. The summed E-state index contributed by atoms with van der Waals surface area (Å²) >= 11 is 0. The molecule has 0 saturated heterocycles. The third-order valence-corrected chi connectivity index (χ3v) is 3.70. The molecule has 0 bridgehead atoms. The summed E-state index contributed by atoms with van der Waals surface area (Å²) in [5.41, 5.74) is 0.857. The lowest BCUT2D eigenvalue weighted by atomic mass is 9.79. The fourth-order valence-corrected chi connectivity index (χ4v) is 2.77. The van der Waals surface area contributed by atoms with Gasteiger partial charge in [0.15, 0.2) is 0 Å². The Bertz CT molecular complexity index is 543. The SMILES string of the molecule is CCCn1cc(C2(O)CCCc3occc32)cn1. The molecular formula is C14H18N2O2. The molecule has 2 aromatic rings. The summed E-state index contributed by atoms with van der Waals surface area (Å²) in [6.45, 7) is 3.00. The van der Waals surface area contributed by atoms with Crippen molar-refractivity contribution in [3.05, 3.63) is 41.6 Å². The van der Waals surface area contributed by atoms with Crippen LogP contribution in [0.4, 0.5) is 0 Å². The van der Waals surface area contributed by atoms with Gasteiger partial charge in [0.05, 0.1) is 12.5 Å². The van der Waals surface area contributed by atoms with Gasteiger partial charge in [-0.15, -0.1) is 0 Å². The van der Waals surface area contributed by atoms with E-state index in [0.29, 0.717) is 0 Å². The summed E-state index contributed by atoms with van der Waals surface area (Å²) in [5.74, 6) is 0.909. The van der Waals surface area contributed by atoms with Crippen molar-refractivity contribution in [2.75, 3.05) is 0 Å². The molecule has 1 N–H and O–H groups in total. The smallest absolute Gasteiger partial charge is 0.121 e. The van der Waals surface area contributed by atoms with Gasteiger partial charge in [-0.25, -0.2) is 0 Å². The second kappa shape index (κ2) is 4.28. The fourth-order valence-electron chi connectivity index (χ4n) is 2.77. The first-order chi connectivity index (χ1) is 8.74. The third kappa shape index (κ3) is 1.68. The quantitative estimate of drug-likeness (QED) is 0.905. The van der Waals surface area contributed by atoms with Gasteiger partial charge in [-0.1, -0.05) is 6.92 Å². The van der Waals surface area contributed by atoms with Crippen molar-refractivity contribution in [1.82, 2.24) is 9.78 Å². The molecule has 96 valence electrons. The normalized spacial score (nSPS) is 23.0. The van der Waals surface area contributed by atoms with Crippen LogP contribution in [0.25, 0.3) is 0 Å². The summed E-state index contributed by atoms with van der Waals surface area (Å²) in [6.07, 6.45) is 9.01. The molecule has 4 heteroatoms. The maximum Gasteiger partial charge on any atom is 0.121 e. The van der Waals surface area contributed by atoms with Gasteiger partial charge in [-0.05, 0) is 25.3 Å². The zero-order valence-corrected chi connectivity index (χ0v) is 10.6. The van der Waals surface area contributed by atoms with Crippen LogP contribution in [0.2, 0.25) is 0 Å². The van der Waals surface area contributed by atoms with E-state index in [1.807, 2.05) is 16.9 Å². The molecule has 2 aromatic heterocycles. The first-order valence-corrected chi connectivity index (χ1v) is 6.56. The van der Waals surface area contributed by atoms with Crippen molar-refractivity contribution >= 4 is 0 Å². The number of rotatable bonds is 3. The van der Waals surface area contributed by atoms with Crippen molar-refractivity contribution < 1.29 is 9.52 Å².